The van der Waals surface area contributed by atoms with E-state index in [2.05, 4.69) is 124 Å². The van der Waals surface area contributed by atoms with E-state index < -0.39 is 5.54 Å². The molecule has 200 valence electrons. The molecule has 1 saturated heterocycles. The number of thiocarbonyl (C=S) groups is 1. The minimum absolute atomic E-state index is 0.229. The Morgan fingerprint density at radius 3 is 1.92 bits per heavy atom. The molecule has 1 atom stereocenters. The van der Waals surface area contributed by atoms with Crippen LogP contribution in [0.3, 0.4) is 0 Å². The van der Waals surface area contributed by atoms with Crippen molar-refractivity contribution in [1.29, 1.82) is 0 Å². The molecule has 3 aromatic rings. The number of rotatable bonds is 7. The van der Waals surface area contributed by atoms with Gasteiger partial charge in [0, 0.05) is 18.3 Å². The molecule has 3 aliphatic rings. The first-order chi connectivity index (χ1) is 19.2. The number of fused-ring (bicyclic) bond motifs is 1. The largest absolute Gasteiger partial charge is 0.374 e. The number of nitrogens with one attached hydrogen (secondary N) is 3. The Morgan fingerprint density at radius 1 is 0.795 bits per heavy atom. The van der Waals surface area contributed by atoms with E-state index in [-0.39, 0.29) is 6.04 Å². The summed E-state index contributed by atoms with van der Waals surface area (Å²) in [5, 5.41) is 11.6. The number of benzene rings is 3. The Labute approximate surface area is 238 Å². The molecule has 6 rings (SSSR count). The Kier molecular flexibility index (Phi) is 7.80. The third kappa shape index (κ3) is 5.26. The van der Waals surface area contributed by atoms with Crippen LogP contribution in [0, 0.1) is 0 Å². The molecule has 0 bridgehead atoms. The highest BCUT2D eigenvalue weighted by Crippen LogP contribution is 2.46. The number of hydrogen-bond donors (Lipinski definition) is 3. The van der Waals surface area contributed by atoms with E-state index >= 15 is 0 Å². The zero-order valence-electron chi connectivity index (χ0n) is 22.5. The molecular formula is C34H38N4S. The second kappa shape index (κ2) is 11.8. The molecule has 3 aromatic carbocycles. The van der Waals surface area contributed by atoms with Gasteiger partial charge in [0.1, 0.15) is 0 Å². The SMILES string of the molecule is S=C(NCC1=CC=C2NCN(C(c3ccccc3)(c3ccccc3)c3ccccc3)C2C1)NC1CCCCC1. The first-order valence-electron chi connectivity index (χ1n) is 14.4. The van der Waals surface area contributed by atoms with Crippen LogP contribution < -0.4 is 16.0 Å². The van der Waals surface area contributed by atoms with E-state index in [9.17, 15) is 0 Å². The molecule has 0 spiro atoms. The van der Waals surface area contributed by atoms with Crippen LogP contribution in [0.25, 0.3) is 0 Å². The monoisotopic (exact) mass is 534 g/mol. The Bertz CT molecular complexity index is 1220. The summed E-state index contributed by atoms with van der Waals surface area (Å²) in [6, 6.07) is 33.7. The molecule has 39 heavy (non-hydrogen) atoms. The molecule has 1 unspecified atom stereocenters. The van der Waals surface area contributed by atoms with Crippen LogP contribution in [-0.4, -0.2) is 35.3 Å². The van der Waals surface area contributed by atoms with E-state index in [1.54, 1.807) is 0 Å². The van der Waals surface area contributed by atoms with Crippen molar-refractivity contribution >= 4 is 17.3 Å². The summed E-state index contributed by atoms with van der Waals surface area (Å²) >= 11 is 5.68. The quantitative estimate of drug-likeness (QED) is 0.248. The highest BCUT2D eigenvalue weighted by molar-refractivity contribution is 7.80. The van der Waals surface area contributed by atoms with Gasteiger partial charge in [-0.15, -0.1) is 0 Å². The third-order valence-electron chi connectivity index (χ3n) is 8.56. The van der Waals surface area contributed by atoms with Crippen LogP contribution in [0.5, 0.6) is 0 Å². The van der Waals surface area contributed by atoms with Gasteiger partial charge < -0.3 is 16.0 Å². The van der Waals surface area contributed by atoms with Gasteiger partial charge in [-0.3, -0.25) is 4.90 Å². The lowest BCUT2D eigenvalue weighted by Gasteiger charge is -2.46. The van der Waals surface area contributed by atoms with Crippen LogP contribution >= 0.6 is 12.2 Å². The fraction of sp³-hybridized carbons (Fsp3) is 0.324. The molecule has 0 radical (unpaired) electrons. The average molecular weight is 535 g/mol. The molecule has 4 nitrogen and oxygen atoms in total. The lowest BCUT2D eigenvalue weighted by Crippen LogP contribution is -2.51. The van der Waals surface area contributed by atoms with E-state index in [0.29, 0.717) is 6.04 Å². The summed E-state index contributed by atoms with van der Waals surface area (Å²) in [5.74, 6) is 0. The summed E-state index contributed by atoms with van der Waals surface area (Å²) in [7, 11) is 0. The first-order valence-corrected chi connectivity index (χ1v) is 14.8. The zero-order chi connectivity index (χ0) is 26.5. The van der Waals surface area contributed by atoms with Crippen molar-refractivity contribution < 1.29 is 0 Å². The van der Waals surface area contributed by atoms with Crippen LogP contribution in [0.15, 0.2) is 114 Å². The minimum atomic E-state index is -0.440. The van der Waals surface area contributed by atoms with Gasteiger partial charge in [-0.2, -0.15) is 0 Å². The van der Waals surface area contributed by atoms with E-state index in [0.717, 1.165) is 24.7 Å². The van der Waals surface area contributed by atoms with Crippen LogP contribution in [0.2, 0.25) is 0 Å². The average Bonchev–Trinajstić information content (AvgIpc) is 3.42. The van der Waals surface area contributed by atoms with Gasteiger partial charge in [0.25, 0.3) is 0 Å². The summed E-state index contributed by atoms with van der Waals surface area (Å²) in [6.07, 6.45) is 11.9. The molecule has 3 N–H and O–H groups in total. The highest BCUT2D eigenvalue weighted by Gasteiger charge is 2.48. The first kappa shape index (κ1) is 25.8. The lowest BCUT2D eigenvalue weighted by molar-refractivity contribution is 0.145. The van der Waals surface area contributed by atoms with Gasteiger partial charge in [-0.25, -0.2) is 0 Å². The predicted octanol–water partition coefficient (Wildman–Crippen LogP) is 6.22. The highest BCUT2D eigenvalue weighted by atomic mass is 32.1. The fourth-order valence-corrected chi connectivity index (χ4v) is 6.92. The second-order valence-electron chi connectivity index (χ2n) is 10.9. The van der Waals surface area contributed by atoms with Crippen LogP contribution in [0.1, 0.15) is 55.2 Å². The molecule has 0 amide bonds. The van der Waals surface area contributed by atoms with Crippen molar-refractivity contribution in [3.63, 3.8) is 0 Å². The van der Waals surface area contributed by atoms with Gasteiger partial charge in [0.05, 0.1) is 18.2 Å². The van der Waals surface area contributed by atoms with Gasteiger partial charge in [-0.05, 0) is 59.8 Å². The molecule has 5 heteroatoms. The molecule has 1 heterocycles. The Morgan fingerprint density at radius 2 is 1.36 bits per heavy atom. The number of hydrogen-bond acceptors (Lipinski definition) is 3. The van der Waals surface area contributed by atoms with Crippen LogP contribution in [-0.2, 0) is 5.54 Å². The Balaban J connectivity index is 1.30. The third-order valence-corrected chi connectivity index (χ3v) is 8.83. The smallest absolute Gasteiger partial charge is 0.166 e. The van der Waals surface area contributed by atoms with Gasteiger partial charge in [0.15, 0.2) is 5.11 Å². The second-order valence-corrected chi connectivity index (χ2v) is 11.4. The lowest BCUT2D eigenvalue weighted by atomic mass is 9.74. The van der Waals surface area contributed by atoms with Crippen molar-refractivity contribution in [2.45, 2.75) is 56.1 Å². The molecule has 2 fully saturated rings. The molecule has 1 aliphatic heterocycles. The number of allylic oxidation sites excluding steroid dienone is 2. The summed E-state index contributed by atoms with van der Waals surface area (Å²) < 4.78 is 0. The Hall–Kier alpha value is -3.41. The molecule has 2 aliphatic carbocycles. The summed E-state index contributed by atoms with van der Waals surface area (Å²) in [5.41, 5.74) is 6.04. The maximum absolute atomic E-state index is 5.68. The zero-order valence-corrected chi connectivity index (χ0v) is 23.3. The summed E-state index contributed by atoms with van der Waals surface area (Å²) in [6.45, 7) is 1.53. The standard InChI is InChI=1S/C34H38N4S/c39-33(37-30-19-11-4-12-20-30)35-24-26-21-22-31-32(23-26)38(25-36-31)34(27-13-5-1-6-14-27,28-15-7-2-8-16-28)29-17-9-3-10-18-29/h1-3,5-10,13-18,21-22,30,32,36H,4,11-12,19-20,23-25H2,(H2,35,37,39). The predicted molar refractivity (Wildman–Crippen MR) is 164 cm³/mol. The van der Waals surface area contributed by atoms with E-state index in [1.807, 2.05) is 0 Å². The maximum Gasteiger partial charge on any atom is 0.166 e. The van der Waals surface area contributed by atoms with Crippen LogP contribution in [0.4, 0.5) is 0 Å². The fourth-order valence-electron chi connectivity index (χ4n) is 6.68. The molecular weight excluding hydrogens is 496 g/mol. The van der Waals surface area contributed by atoms with Crippen molar-refractivity contribution in [3.8, 4) is 0 Å². The van der Waals surface area contributed by atoms with Crippen molar-refractivity contribution in [2.24, 2.45) is 0 Å². The van der Waals surface area contributed by atoms with Crippen molar-refractivity contribution in [2.75, 3.05) is 13.2 Å². The normalized spacial score (nSPS) is 19.8. The molecule has 0 aromatic heterocycles. The number of nitrogens with zero attached hydrogens (tertiary/aromatic N) is 1. The van der Waals surface area contributed by atoms with Gasteiger partial charge >= 0.3 is 0 Å². The maximum atomic E-state index is 5.68. The minimum Gasteiger partial charge on any atom is -0.374 e. The van der Waals surface area contributed by atoms with Gasteiger partial charge in [0.2, 0.25) is 0 Å². The van der Waals surface area contributed by atoms with E-state index in [4.69, 9.17) is 12.2 Å². The topological polar surface area (TPSA) is 39.3 Å². The summed E-state index contributed by atoms with van der Waals surface area (Å²) in [4.78, 5) is 2.66. The molecule has 1 saturated carbocycles. The van der Waals surface area contributed by atoms with E-state index in [1.165, 1.54) is 60.1 Å². The van der Waals surface area contributed by atoms with Crippen molar-refractivity contribution in [1.82, 2.24) is 20.9 Å². The van der Waals surface area contributed by atoms with Gasteiger partial charge in [-0.1, -0.05) is 116 Å². The van der Waals surface area contributed by atoms with Crippen molar-refractivity contribution in [3.05, 3.63) is 131 Å².